The van der Waals surface area contributed by atoms with Gasteiger partial charge in [0.05, 0.1) is 5.69 Å². The molecule has 0 atom stereocenters. The number of nitrogens with zero attached hydrogens (tertiary/aromatic N) is 2. The molecule has 0 saturated carbocycles. The van der Waals surface area contributed by atoms with E-state index in [0.29, 0.717) is 17.0 Å². The number of nitrogens with two attached hydrogens (primary N) is 1. The highest BCUT2D eigenvalue weighted by Gasteiger charge is 2.18. The van der Waals surface area contributed by atoms with E-state index >= 15 is 0 Å². The number of aromatic carboxylic acids is 1. The molecule has 2 rings (SSSR count). The molecular formula is C10H11N3O3. The summed E-state index contributed by atoms with van der Waals surface area (Å²) in [6, 6.07) is 3.37. The van der Waals surface area contributed by atoms with Crippen LogP contribution in [0.4, 0.5) is 5.69 Å². The number of imidazole rings is 1. The standard InChI is InChI=1S/C10H11N3O3/c1-16-5-7-12-8(10(14)15)9-6(11)3-2-4-13(7)9/h2-4H,5,11H2,1H3,(H,14,15). The number of rotatable bonds is 3. The zero-order chi connectivity index (χ0) is 11.7. The molecule has 0 amide bonds. The van der Waals surface area contributed by atoms with Gasteiger partial charge in [0, 0.05) is 13.3 Å². The van der Waals surface area contributed by atoms with Crippen LogP contribution in [-0.2, 0) is 11.3 Å². The van der Waals surface area contributed by atoms with Gasteiger partial charge < -0.3 is 15.6 Å². The van der Waals surface area contributed by atoms with E-state index in [1.165, 1.54) is 7.11 Å². The summed E-state index contributed by atoms with van der Waals surface area (Å²) in [7, 11) is 1.52. The van der Waals surface area contributed by atoms with Crippen LogP contribution in [0.2, 0.25) is 0 Å². The molecule has 0 aliphatic heterocycles. The summed E-state index contributed by atoms with van der Waals surface area (Å²) < 4.78 is 6.58. The molecule has 0 fully saturated rings. The first-order valence-corrected chi connectivity index (χ1v) is 4.62. The van der Waals surface area contributed by atoms with E-state index in [2.05, 4.69) is 4.98 Å². The first kappa shape index (κ1) is 10.4. The first-order chi connectivity index (χ1) is 7.65. The Hall–Kier alpha value is -2.08. The zero-order valence-electron chi connectivity index (χ0n) is 8.67. The molecule has 0 aromatic carbocycles. The average molecular weight is 221 g/mol. The lowest BCUT2D eigenvalue weighted by molar-refractivity contribution is 0.0692. The minimum atomic E-state index is -1.10. The van der Waals surface area contributed by atoms with Gasteiger partial charge in [0.15, 0.2) is 5.69 Å². The first-order valence-electron chi connectivity index (χ1n) is 4.62. The van der Waals surface area contributed by atoms with Gasteiger partial charge in [0.1, 0.15) is 17.9 Å². The van der Waals surface area contributed by atoms with E-state index in [0.717, 1.165) is 0 Å². The minimum Gasteiger partial charge on any atom is -0.476 e. The van der Waals surface area contributed by atoms with Gasteiger partial charge in [-0.2, -0.15) is 0 Å². The van der Waals surface area contributed by atoms with Crippen LogP contribution >= 0.6 is 0 Å². The van der Waals surface area contributed by atoms with E-state index in [4.69, 9.17) is 15.6 Å². The van der Waals surface area contributed by atoms with Crippen LogP contribution in [0, 0.1) is 0 Å². The molecule has 0 bridgehead atoms. The van der Waals surface area contributed by atoms with E-state index in [-0.39, 0.29) is 12.3 Å². The molecular weight excluding hydrogens is 210 g/mol. The van der Waals surface area contributed by atoms with Crippen LogP contribution in [-0.4, -0.2) is 27.6 Å². The largest absolute Gasteiger partial charge is 0.476 e. The smallest absolute Gasteiger partial charge is 0.356 e. The third-order valence-corrected chi connectivity index (χ3v) is 2.24. The number of carbonyl (C=O) groups is 1. The second-order valence-electron chi connectivity index (χ2n) is 3.30. The summed E-state index contributed by atoms with van der Waals surface area (Å²) in [5, 5.41) is 9.02. The SMILES string of the molecule is COCc1nc(C(=O)O)c2c(N)cccn12. The van der Waals surface area contributed by atoms with Gasteiger partial charge >= 0.3 is 5.97 Å². The Bertz CT molecular complexity index is 547. The van der Waals surface area contributed by atoms with Gasteiger partial charge in [-0.1, -0.05) is 0 Å². The normalized spacial score (nSPS) is 10.8. The van der Waals surface area contributed by atoms with Crippen LogP contribution in [0.15, 0.2) is 18.3 Å². The van der Waals surface area contributed by atoms with Crippen LogP contribution < -0.4 is 5.73 Å². The van der Waals surface area contributed by atoms with E-state index in [1.54, 1.807) is 22.7 Å². The Morgan fingerprint density at radius 3 is 3.06 bits per heavy atom. The number of ether oxygens (including phenoxy) is 1. The quantitative estimate of drug-likeness (QED) is 0.798. The highest BCUT2D eigenvalue weighted by atomic mass is 16.5. The molecule has 0 aliphatic carbocycles. The number of hydrogen-bond acceptors (Lipinski definition) is 4. The third kappa shape index (κ3) is 1.49. The van der Waals surface area contributed by atoms with E-state index in [1.807, 2.05) is 0 Å². The average Bonchev–Trinajstić information content (AvgIpc) is 2.60. The molecule has 0 saturated heterocycles. The lowest BCUT2D eigenvalue weighted by Crippen LogP contribution is -2.00. The molecule has 16 heavy (non-hydrogen) atoms. The molecule has 2 aromatic heterocycles. The lowest BCUT2D eigenvalue weighted by atomic mass is 10.3. The van der Waals surface area contributed by atoms with Gasteiger partial charge in [-0.05, 0) is 12.1 Å². The molecule has 84 valence electrons. The number of pyridine rings is 1. The van der Waals surface area contributed by atoms with Crippen molar-refractivity contribution in [3.63, 3.8) is 0 Å². The third-order valence-electron chi connectivity index (χ3n) is 2.24. The molecule has 0 spiro atoms. The van der Waals surface area contributed by atoms with E-state index in [9.17, 15) is 4.79 Å². The summed E-state index contributed by atoms with van der Waals surface area (Å²) in [6.45, 7) is 0.234. The monoisotopic (exact) mass is 221 g/mol. The van der Waals surface area contributed by atoms with Crippen molar-refractivity contribution in [1.82, 2.24) is 9.38 Å². The number of carboxylic acids is 1. The molecule has 2 aromatic rings. The maximum absolute atomic E-state index is 11.0. The van der Waals surface area contributed by atoms with Gasteiger partial charge in [0.25, 0.3) is 0 Å². The molecule has 2 heterocycles. The molecule has 0 radical (unpaired) electrons. The number of carboxylic acid groups (broad SMARTS) is 1. The van der Waals surface area contributed by atoms with Crippen LogP contribution in [0.3, 0.4) is 0 Å². The predicted octanol–water partition coefficient (Wildman–Crippen LogP) is 0.761. The van der Waals surface area contributed by atoms with Crippen LogP contribution in [0.1, 0.15) is 16.3 Å². The Morgan fingerprint density at radius 1 is 1.69 bits per heavy atom. The molecule has 6 nitrogen and oxygen atoms in total. The highest BCUT2D eigenvalue weighted by Crippen LogP contribution is 2.20. The van der Waals surface area contributed by atoms with E-state index < -0.39 is 5.97 Å². The maximum atomic E-state index is 11.0. The second-order valence-corrected chi connectivity index (χ2v) is 3.30. The number of nitrogen functional groups attached to an aromatic ring is 1. The van der Waals surface area contributed by atoms with Crippen molar-refractivity contribution in [2.75, 3.05) is 12.8 Å². The number of fused-ring (bicyclic) bond motifs is 1. The molecule has 3 N–H and O–H groups in total. The summed E-state index contributed by atoms with van der Waals surface area (Å²) >= 11 is 0. The Morgan fingerprint density at radius 2 is 2.44 bits per heavy atom. The fourth-order valence-corrected chi connectivity index (χ4v) is 1.61. The molecule has 0 aliphatic rings. The summed E-state index contributed by atoms with van der Waals surface area (Å²) in [6.07, 6.45) is 1.71. The fraction of sp³-hybridized carbons (Fsp3) is 0.200. The van der Waals surface area contributed by atoms with Crippen LogP contribution in [0.5, 0.6) is 0 Å². The summed E-state index contributed by atoms with van der Waals surface area (Å²) in [4.78, 5) is 15.0. The topological polar surface area (TPSA) is 89.8 Å². The zero-order valence-corrected chi connectivity index (χ0v) is 8.67. The lowest BCUT2D eigenvalue weighted by Gasteiger charge is -2.01. The van der Waals surface area contributed by atoms with Crippen molar-refractivity contribution in [3.05, 3.63) is 29.8 Å². The Kier molecular flexibility index (Phi) is 2.49. The van der Waals surface area contributed by atoms with Crippen molar-refractivity contribution >= 4 is 17.2 Å². The van der Waals surface area contributed by atoms with Gasteiger partial charge in [-0.25, -0.2) is 9.78 Å². The predicted molar refractivity (Wildman–Crippen MR) is 57.3 cm³/mol. The fourth-order valence-electron chi connectivity index (χ4n) is 1.61. The Labute approximate surface area is 91.3 Å². The number of aromatic nitrogens is 2. The van der Waals surface area contributed by atoms with Crippen molar-refractivity contribution in [1.29, 1.82) is 0 Å². The van der Waals surface area contributed by atoms with Crippen molar-refractivity contribution in [2.45, 2.75) is 6.61 Å². The van der Waals surface area contributed by atoms with Gasteiger partial charge in [-0.3, -0.25) is 4.40 Å². The number of methoxy groups -OCH3 is 1. The van der Waals surface area contributed by atoms with Crippen molar-refractivity contribution in [2.24, 2.45) is 0 Å². The van der Waals surface area contributed by atoms with Crippen molar-refractivity contribution in [3.8, 4) is 0 Å². The van der Waals surface area contributed by atoms with Crippen LogP contribution in [0.25, 0.3) is 5.52 Å². The number of hydrogen-bond donors (Lipinski definition) is 2. The van der Waals surface area contributed by atoms with Gasteiger partial charge in [0.2, 0.25) is 0 Å². The minimum absolute atomic E-state index is 0.0508. The van der Waals surface area contributed by atoms with Gasteiger partial charge in [-0.15, -0.1) is 0 Å². The number of anilines is 1. The molecule has 6 heteroatoms. The maximum Gasteiger partial charge on any atom is 0.356 e. The van der Waals surface area contributed by atoms with Crippen molar-refractivity contribution < 1.29 is 14.6 Å². The summed E-state index contributed by atoms with van der Waals surface area (Å²) in [5.41, 5.74) is 6.48. The molecule has 0 unspecified atom stereocenters. The Balaban J connectivity index is 2.76. The second kappa shape index (κ2) is 3.82. The highest BCUT2D eigenvalue weighted by molar-refractivity contribution is 5.97. The summed E-state index contributed by atoms with van der Waals surface area (Å²) in [5.74, 6) is -0.583.